The third kappa shape index (κ3) is 2.39. The minimum absolute atomic E-state index is 0.117. The molecular weight excluding hydrogens is 330 g/mol. The van der Waals surface area contributed by atoms with E-state index in [0.29, 0.717) is 5.13 Å². The van der Waals surface area contributed by atoms with Crippen LogP contribution in [0.3, 0.4) is 0 Å². The van der Waals surface area contributed by atoms with Crippen molar-refractivity contribution in [3.05, 3.63) is 17.2 Å². The summed E-state index contributed by atoms with van der Waals surface area (Å²) in [7, 11) is 0. The lowest BCUT2D eigenvalue weighted by Gasteiger charge is -2.38. The van der Waals surface area contributed by atoms with Gasteiger partial charge in [-0.1, -0.05) is 23.5 Å². The number of imide groups is 1. The summed E-state index contributed by atoms with van der Waals surface area (Å²) in [6.45, 7) is 1.67. The fourth-order valence-corrected chi connectivity index (χ4v) is 4.52. The van der Waals surface area contributed by atoms with Crippen LogP contribution < -0.4 is 10.6 Å². The van der Waals surface area contributed by atoms with Crippen LogP contribution in [0.25, 0.3) is 0 Å². The van der Waals surface area contributed by atoms with Crippen molar-refractivity contribution >= 4 is 34.3 Å². The number of urea groups is 1. The second kappa shape index (κ2) is 5.66. The number of anilines is 1. The van der Waals surface area contributed by atoms with Gasteiger partial charge in [0.15, 0.2) is 0 Å². The number of allylic oxidation sites excluding steroid dienone is 2. The number of likely N-dealkylation sites (tertiary alicyclic amines) is 1. The molecule has 1 aliphatic heterocycles. The Morgan fingerprint density at radius 3 is 2.33 bits per heavy atom. The number of carbonyl (C=O) groups excluding carboxylic acids is 3. The summed E-state index contributed by atoms with van der Waals surface area (Å²) in [4.78, 5) is 38.3. The van der Waals surface area contributed by atoms with Crippen molar-refractivity contribution in [2.45, 2.75) is 19.8 Å². The number of carbonyl (C=O) groups is 3. The number of hydrogen-bond donors (Lipinski definition) is 2. The summed E-state index contributed by atoms with van der Waals surface area (Å²) in [6.07, 6.45) is 6.06. The van der Waals surface area contributed by atoms with Gasteiger partial charge in [-0.3, -0.25) is 19.8 Å². The van der Waals surface area contributed by atoms with Gasteiger partial charge < -0.3 is 5.32 Å². The maximum atomic E-state index is 12.6. The first-order valence-corrected chi connectivity index (χ1v) is 8.75. The molecule has 1 aromatic heterocycles. The molecule has 4 amide bonds. The van der Waals surface area contributed by atoms with Gasteiger partial charge >= 0.3 is 6.03 Å². The predicted molar refractivity (Wildman–Crippen MR) is 85.9 cm³/mol. The second-order valence-corrected chi connectivity index (χ2v) is 7.54. The molecule has 9 heteroatoms. The molecule has 4 aliphatic rings. The first-order valence-electron chi connectivity index (χ1n) is 7.93. The molecule has 3 aliphatic carbocycles. The van der Waals surface area contributed by atoms with Gasteiger partial charge in [0.25, 0.3) is 0 Å². The van der Waals surface area contributed by atoms with Gasteiger partial charge in [-0.15, -0.1) is 10.2 Å². The number of fused-ring (bicyclic) bond motifs is 1. The molecule has 0 radical (unpaired) electrons. The van der Waals surface area contributed by atoms with Crippen LogP contribution in [-0.2, 0) is 9.59 Å². The molecule has 0 spiro atoms. The smallest absolute Gasteiger partial charge is 0.320 e. The summed E-state index contributed by atoms with van der Waals surface area (Å²) in [5.41, 5.74) is 0. The van der Waals surface area contributed by atoms with E-state index >= 15 is 0 Å². The van der Waals surface area contributed by atoms with Gasteiger partial charge in [-0.25, -0.2) is 4.79 Å². The van der Waals surface area contributed by atoms with Crippen molar-refractivity contribution in [1.29, 1.82) is 0 Å². The van der Waals surface area contributed by atoms with Crippen molar-refractivity contribution in [3.63, 3.8) is 0 Å². The molecule has 1 aromatic rings. The summed E-state index contributed by atoms with van der Waals surface area (Å²) < 4.78 is 0. The highest BCUT2D eigenvalue weighted by Crippen LogP contribution is 2.49. The first-order chi connectivity index (χ1) is 11.5. The monoisotopic (exact) mass is 347 g/mol. The zero-order valence-electron chi connectivity index (χ0n) is 13.1. The molecule has 1 saturated heterocycles. The Bertz CT molecular complexity index is 713. The van der Waals surface area contributed by atoms with E-state index in [4.69, 9.17) is 0 Å². The van der Waals surface area contributed by atoms with E-state index < -0.39 is 6.03 Å². The minimum Gasteiger partial charge on any atom is -0.320 e. The van der Waals surface area contributed by atoms with Gasteiger partial charge in [0.1, 0.15) is 11.7 Å². The predicted octanol–water partition coefficient (Wildman–Crippen LogP) is 1.12. The molecule has 24 heavy (non-hydrogen) atoms. The van der Waals surface area contributed by atoms with E-state index in [0.717, 1.165) is 17.8 Å². The maximum Gasteiger partial charge on any atom is 0.322 e. The highest BCUT2D eigenvalue weighted by atomic mass is 32.1. The quantitative estimate of drug-likeness (QED) is 0.630. The van der Waals surface area contributed by atoms with Crippen molar-refractivity contribution in [3.8, 4) is 0 Å². The Morgan fingerprint density at radius 1 is 1.21 bits per heavy atom. The Morgan fingerprint density at radius 2 is 1.83 bits per heavy atom. The first kappa shape index (κ1) is 15.3. The molecule has 2 bridgehead atoms. The lowest BCUT2D eigenvalue weighted by Crippen LogP contribution is -2.43. The molecule has 2 N–H and O–H groups in total. The van der Waals surface area contributed by atoms with Gasteiger partial charge in [0.05, 0.1) is 11.8 Å². The van der Waals surface area contributed by atoms with Crippen LogP contribution in [-0.4, -0.2) is 39.6 Å². The lowest BCUT2D eigenvalue weighted by molar-refractivity contribution is -0.140. The van der Waals surface area contributed by atoms with Crippen LogP contribution in [0.2, 0.25) is 0 Å². The molecule has 8 nitrogen and oxygen atoms in total. The zero-order valence-corrected chi connectivity index (χ0v) is 13.9. The fourth-order valence-electron chi connectivity index (χ4n) is 3.93. The standard InChI is InChI=1S/C15H17N5O3S/c1-7-18-19-15(24-7)17-14(23)16-6-20-12(21)10-8-2-3-9(5-4-8)11(10)13(20)22/h2-3,8-11H,4-6H2,1H3,(H2,16,17,19,23)/t8-,9-,10+,11+/m0/s1. The lowest BCUT2D eigenvalue weighted by atomic mass is 9.63. The molecule has 5 rings (SSSR count). The third-order valence-electron chi connectivity index (χ3n) is 4.99. The summed E-state index contributed by atoms with van der Waals surface area (Å²) in [5.74, 6) is -0.541. The molecule has 126 valence electrons. The molecule has 4 atom stereocenters. The molecular formula is C15H17N5O3S. The van der Waals surface area contributed by atoms with Gasteiger partial charge in [0.2, 0.25) is 16.9 Å². The van der Waals surface area contributed by atoms with E-state index in [1.54, 1.807) is 6.92 Å². The Hall–Kier alpha value is -2.29. The van der Waals surface area contributed by atoms with Crippen LogP contribution >= 0.6 is 11.3 Å². The zero-order chi connectivity index (χ0) is 16.8. The Kier molecular flexibility index (Phi) is 3.60. The van der Waals surface area contributed by atoms with Crippen molar-refractivity contribution in [2.75, 3.05) is 12.0 Å². The highest BCUT2D eigenvalue weighted by molar-refractivity contribution is 7.15. The van der Waals surface area contributed by atoms with Crippen molar-refractivity contribution in [1.82, 2.24) is 20.4 Å². The molecule has 0 unspecified atom stereocenters. The average molecular weight is 347 g/mol. The fraction of sp³-hybridized carbons (Fsp3) is 0.533. The van der Waals surface area contributed by atoms with Crippen LogP contribution in [0.5, 0.6) is 0 Å². The maximum absolute atomic E-state index is 12.6. The van der Waals surface area contributed by atoms with Gasteiger partial charge in [-0.2, -0.15) is 0 Å². The van der Waals surface area contributed by atoms with Gasteiger partial charge in [0, 0.05) is 0 Å². The number of aromatic nitrogens is 2. The molecule has 1 saturated carbocycles. The van der Waals surface area contributed by atoms with Gasteiger partial charge in [-0.05, 0) is 31.6 Å². The van der Waals surface area contributed by atoms with Crippen LogP contribution in [0.15, 0.2) is 12.2 Å². The van der Waals surface area contributed by atoms with E-state index in [-0.39, 0.29) is 42.2 Å². The number of amides is 4. The van der Waals surface area contributed by atoms with E-state index in [1.165, 1.54) is 16.2 Å². The van der Waals surface area contributed by atoms with E-state index in [2.05, 4.69) is 33.0 Å². The molecule has 0 aromatic carbocycles. The largest absolute Gasteiger partial charge is 0.322 e. The summed E-state index contributed by atoms with van der Waals surface area (Å²) in [6, 6.07) is -0.511. The normalized spacial score (nSPS) is 30.6. The Balaban J connectivity index is 1.39. The van der Waals surface area contributed by atoms with Crippen molar-refractivity contribution < 1.29 is 14.4 Å². The number of nitrogens with one attached hydrogen (secondary N) is 2. The van der Waals surface area contributed by atoms with Crippen molar-refractivity contribution in [2.24, 2.45) is 23.7 Å². The van der Waals surface area contributed by atoms with Crippen LogP contribution in [0.4, 0.5) is 9.93 Å². The number of aryl methyl sites for hydroxylation is 1. The molecule has 2 heterocycles. The second-order valence-electron chi connectivity index (χ2n) is 6.36. The minimum atomic E-state index is -0.511. The number of rotatable bonds is 3. The topological polar surface area (TPSA) is 104 Å². The SMILES string of the molecule is Cc1nnc(NC(=O)NCN2C(=O)[C@H]3[C@H](C2=O)[C@H]2C=C[C@H]3CC2)s1. The van der Waals surface area contributed by atoms with E-state index in [9.17, 15) is 14.4 Å². The number of hydrogen-bond acceptors (Lipinski definition) is 6. The van der Waals surface area contributed by atoms with Crippen LogP contribution in [0.1, 0.15) is 17.8 Å². The third-order valence-corrected chi connectivity index (χ3v) is 5.75. The average Bonchev–Trinajstić information content (AvgIpc) is 3.10. The molecule has 2 fully saturated rings. The summed E-state index contributed by atoms with van der Waals surface area (Å²) in [5, 5.41) is 13.8. The summed E-state index contributed by atoms with van der Waals surface area (Å²) >= 11 is 1.25. The highest BCUT2D eigenvalue weighted by Gasteiger charge is 2.56. The number of nitrogens with zero attached hydrogens (tertiary/aromatic N) is 3. The Labute approximate surface area is 142 Å². The van der Waals surface area contributed by atoms with Crippen LogP contribution in [0, 0.1) is 30.6 Å². The van der Waals surface area contributed by atoms with E-state index in [1.807, 2.05) is 0 Å².